The van der Waals surface area contributed by atoms with Gasteiger partial charge in [0.05, 0.1) is 18.7 Å². The molecule has 0 radical (unpaired) electrons. The van der Waals surface area contributed by atoms with Crippen LogP contribution in [0.3, 0.4) is 0 Å². The van der Waals surface area contributed by atoms with Crippen LogP contribution in [-0.4, -0.2) is 13.4 Å². The van der Waals surface area contributed by atoms with Crippen molar-refractivity contribution in [3.05, 3.63) is 41.7 Å². The van der Waals surface area contributed by atoms with Gasteiger partial charge in [-0.2, -0.15) is 5.26 Å². The second-order valence-corrected chi connectivity index (χ2v) is 3.39. The topological polar surface area (TPSA) is 72.5 Å². The molecule has 1 aromatic carbocycles. The summed E-state index contributed by atoms with van der Waals surface area (Å²) in [6.07, 6.45) is 0.582. The van der Waals surface area contributed by atoms with Crippen LogP contribution in [0.4, 0.5) is 0 Å². The second-order valence-electron chi connectivity index (χ2n) is 3.39. The molecular weight excluding hydrogens is 234 g/mol. The Morgan fingerprint density at radius 1 is 1.28 bits per heavy atom. The Morgan fingerprint density at radius 2 is 2.06 bits per heavy atom. The van der Waals surface area contributed by atoms with Gasteiger partial charge in [0.25, 0.3) is 5.95 Å². The van der Waals surface area contributed by atoms with E-state index < -0.39 is 0 Å². The second kappa shape index (κ2) is 5.06. The fourth-order valence-corrected chi connectivity index (χ4v) is 1.38. The molecule has 18 heavy (non-hydrogen) atoms. The van der Waals surface area contributed by atoms with Gasteiger partial charge in [-0.05, 0) is 18.2 Å². The smallest absolute Gasteiger partial charge is 0.290 e. The molecule has 5 nitrogen and oxygen atoms in total. The minimum absolute atomic E-state index is 0.174. The number of methoxy groups -OCH3 is 1. The zero-order valence-corrected chi connectivity index (χ0v) is 9.54. The summed E-state index contributed by atoms with van der Waals surface area (Å²) in [5.41, 5.74) is 0.409. The maximum absolute atomic E-state index is 10.5. The highest BCUT2D eigenvalue weighted by atomic mass is 16.6. The number of ether oxygens (including phenoxy) is 2. The first kappa shape index (κ1) is 11.7. The van der Waals surface area contributed by atoms with Crippen LogP contribution in [-0.2, 0) is 0 Å². The largest absolute Gasteiger partial charge is 0.497 e. The molecule has 1 heterocycles. The molecule has 0 saturated carbocycles. The molecule has 0 aliphatic carbocycles. The summed E-state index contributed by atoms with van der Waals surface area (Å²) in [7, 11) is 1.50. The van der Waals surface area contributed by atoms with E-state index in [0.717, 1.165) is 0 Å². The van der Waals surface area contributed by atoms with Crippen LogP contribution < -0.4 is 9.47 Å². The van der Waals surface area contributed by atoms with Crippen LogP contribution in [0.2, 0.25) is 0 Å². The number of hydrogen-bond donors (Lipinski definition) is 0. The number of hydrogen-bond acceptors (Lipinski definition) is 5. The third kappa shape index (κ3) is 2.50. The normalized spacial score (nSPS) is 9.56. The van der Waals surface area contributed by atoms with E-state index in [1.165, 1.54) is 19.2 Å². The van der Waals surface area contributed by atoms with Gasteiger partial charge in [0.2, 0.25) is 0 Å². The maximum Gasteiger partial charge on any atom is 0.290 e. The molecule has 0 fully saturated rings. The highest BCUT2D eigenvalue weighted by molar-refractivity contribution is 5.70. The monoisotopic (exact) mass is 243 g/mol. The number of aldehydes is 1. The van der Waals surface area contributed by atoms with Crippen molar-refractivity contribution >= 4 is 6.29 Å². The molecule has 0 amide bonds. The first-order chi connectivity index (χ1) is 8.75. The van der Waals surface area contributed by atoms with Gasteiger partial charge < -0.3 is 13.9 Å². The molecule has 0 bridgehead atoms. The molecule has 2 aromatic rings. The van der Waals surface area contributed by atoms with Gasteiger partial charge >= 0.3 is 0 Å². The van der Waals surface area contributed by atoms with Crippen molar-refractivity contribution in [2.45, 2.75) is 0 Å². The molecule has 1 aromatic heterocycles. The van der Waals surface area contributed by atoms with E-state index in [9.17, 15) is 4.79 Å². The minimum atomic E-state index is 0.174. The Hall–Kier alpha value is -2.74. The predicted molar refractivity (Wildman–Crippen MR) is 61.9 cm³/mol. The standard InChI is InChI=1S/C13H9NO4/c1-16-11-4-9(7-14)5-12(6-11)18-13-3-2-10(8-15)17-13/h2-6,8H,1H3. The Morgan fingerprint density at radius 3 is 2.67 bits per heavy atom. The molecule has 5 heteroatoms. The fourth-order valence-electron chi connectivity index (χ4n) is 1.38. The first-order valence-electron chi connectivity index (χ1n) is 5.07. The number of nitriles is 1. The van der Waals surface area contributed by atoms with Crippen molar-refractivity contribution in [1.82, 2.24) is 0 Å². The molecule has 0 aliphatic rings. The Bertz CT molecular complexity index is 610. The van der Waals surface area contributed by atoms with Gasteiger partial charge in [0, 0.05) is 12.1 Å². The lowest BCUT2D eigenvalue weighted by Crippen LogP contribution is -1.88. The first-order valence-corrected chi connectivity index (χ1v) is 5.07. The predicted octanol–water partition coefficient (Wildman–Crippen LogP) is 2.76. The zero-order chi connectivity index (χ0) is 13.0. The van der Waals surface area contributed by atoms with Gasteiger partial charge in [-0.1, -0.05) is 0 Å². The number of carbonyl (C=O) groups is 1. The molecule has 0 aliphatic heterocycles. The van der Waals surface area contributed by atoms with Crippen molar-refractivity contribution in [1.29, 1.82) is 5.26 Å². The van der Waals surface area contributed by atoms with Crippen LogP contribution in [0.5, 0.6) is 17.4 Å². The lowest BCUT2D eigenvalue weighted by molar-refractivity contribution is 0.109. The Kier molecular flexibility index (Phi) is 3.30. The van der Waals surface area contributed by atoms with Crippen LogP contribution >= 0.6 is 0 Å². The Labute approximate surface area is 103 Å². The minimum Gasteiger partial charge on any atom is -0.497 e. The van der Waals surface area contributed by atoms with E-state index in [-0.39, 0.29) is 11.7 Å². The van der Waals surface area contributed by atoms with Gasteiger partial charge in [-0.3, -0.25) is 4.79 Å². The van der Waals surface area contributed by atoms with E-state index in [2.05, 4.69) is 0 Å². The van der Waals surface area contributed by atoms with E-state index in [4.69, 9.17) is 19.2 Å². The molecule has 0 spiro atoms. The number of nitrogens with zero attached hydrogens (tertiary/aromatic N) is 1. The molecular formula is C13H9NO4. The number of carbonyl (C=O) groups excluding carboxylic acids is 1. The number of furan rings is 1. The molecule has 2 rings (SSSR count). The number of rotatable bonds is 4. The zero-order valence-electron chi connectivity index (χ0n) is 9.54. The number of benzene rings is 1. The maximum atomic E-state index is 10.5. The van der Waals surface area contributed by atoms with E-state index in [1.54, 1.807) is 18.2 Å². The molecule has 0 N–H and O–H groups in total. The third-order valence-corrected chi connectivity index (χ3v) is 2.18. The fraction of sp³-hybridized carbons (Fsp3) is 0.0769. The summed E-state index contributed by atoms with van der Waals surface area (Å²) in [5.74, 6) is 1.26. The lowest BCUT2D eigenvalue weighted by atomic mass is 10.2. The van der Waals surface area contributed by atoms with Gasteiger partial charge in [-0.15, -0.1) is 0 Å². The summed E-state index contributed by atoms with van der Waals surface area (Å²) in [6, 6.07) is 9.77. The molecule has 0 saturated heterocycles. The van der Waals surface area contributed by atoms with Crippen LogP contribution in [0.15, 0.2) is 34.7 Å². The van der Waals surface area contributed by atoms with Crippen molar-refractivity contribution in [3.63, 3.8) is 0 Å². The highest BCUT2D eigenvalue weighted by Crippen LogP contribution is 2.28. The van der Waals surface area contributed by atoms with Crippen LogP contribution in [0, 0.1) is 11.3 Å². The van der Waals surface area contributed by atoms with Crippen molar-refractivity contribution in [3.8, 4) is 23.5 Å². The summed E-state index contributed by atoms with van der Waals surface area (Å²) in [5, 5.41) is 8.86. The average molecular weight is 243 g/mol. The van der Waals surface area contributed by atoms with Crippen LogP contribution in [0.25, 0.3) is 0 Å². The van der Waals surface area contributed by atoms with Crippen molar-refractivity contribution < 1.29 is 18.7 Å². The van der Waals surface area contributed by atoms with Gasteiger partial charge in [0.15, 0.2) is 12.0 Å². The molecule has 0 unspecified atom stereocenters. The lowest BCUT2D eigenvalue weighted by Gasteiger charge is -2.05. The SMILES string of the molecule is COc1cc(C#N)cc(Oc2ccc(C=O)o2)c1. The average Bonchev–Trinajstić information content (AvgIpc) is 2.85. The summed E-state index contributed by atoms with van der Waals surface area (Å²) in [6.45, 7) is 0. The molecule has 90 valence electrons. The van der Waals surface area contributed by atoms with E-state index in [1.807, 2.05) is 6.07 Å². The summed E-state index contributed by atoms with van der Waals surface area (Å²) < 4.78 is 15.5. The van der Waals surface area contributed by atoms with Gasteiger partial charge in [-0.25, -0.2) is 0 Å². The summed E-state index contributed by atoms with van der Waals surface area (Å²) >= 11 is 0. The quantitative estimate of drug-likeness (QED) is 0.772. The van der Waals surface area contributed by atoms with Crippen molar-refractivity contribution in [2.75, 3.05) is 7.11 Å². The highest BCUT2D eigenvalue weighted by Gasteiger charge is 2.06. The van der Waals surface area contributed by atoms with E-state index >= 15 is 0 Å². The van der Waals surface area contributed by atoms with Crippen molar-refractivity contribution in [2.24, 2.45) is 0 Å². The third-order valence-electron chi connectivity index (χ3n) is 2.18. The molecule has 0 atom stereocenters. The summed E-state index contributed by atoms with van der Waals surface area (Å²) in [4.78, 5) is 10.5. The van der Waals surface area contributed by atoms with Crippen LogP contribution in [0.1, 0.15) is 16.1 Å². The van der Waals surface area contributed by atoms with E-state index in [0.29, 0.717) is 23.3 Å². The van der Waals surface area contributed by atoms with Gasteiger partial charge in [0.1, 0.15) is 11.5 Å². The Balaban J connectivity index is 2.28.